The van der Waals surface area contributed by atoms with Gasteiger partial charge in [0.05, 0.1) is 6.61 Å². The van der Waals surface area contributed by atoms with Crippen molar-refractivity contribution in [1.29, 1.82) is 0 Å². The third kappa shape index (κ3) is 30.9. The van der Waals surface area contributed by atoms with Crippen LogP contribution >= 0.6 is 0 Å². The maximum Gasteiger partial charge on any atom is 0.306 e. The Bertz CT molecular complexity index is 1320. The molecule has 1 fully saturated rings. The van der Waals surface area contributed by atoms with E-state index < -0.39 is 71.2 Å². The second kappa shape index (κ2) is 36.0. The third-order valence-corrected chi connectivity index (χ3v) is 10.6. The van der Waals surface area contributed by atoms with Crippen LogP contribution < -0.4 is 0 Å². The number of ether oxygens (including phenoxy) is 4. The molecule has 0 spiro atoms. The lowest BCUT2D eigenvalue weighted by Crippen LogP contribution is -2.60. The van der Waals surface area contributed by atoms with Gasteiger partial charge in [-0.25, -0.2) is 0 Å². The van der Waals surface area contributed by atoms with Gasteiger partial charge in [-0.1, -0.05) is 158 Å². The zero-order chi connectivity index (χ0) is 43.4. The summed E-state index contributed by atoms with van der Waals surface area (Å²) in [7, 11) is -4.61. The van der Waals surface area contributed by atoms with Crippen molar-refractivity contribution in [3.05, 3.63) is 60.8 Å². The highest BCUT2D eigenvalue weighted by Gasteiger charge is 2.46. The van der Waals surface area contributed by atoms with E-state index in [4.69, 9.17) is 18.9 Å². The van der Waals surface area contributed by atoms with E-state index in [9.17, 15) is 37.9 Å². The van der Waals surface area contributed by atoms with Crippen LogP contribution in [0.4, 0.5) is 0 Å². The summed E-state index contributed by atoms with van der Waals surface area (Å²) >= 11 is 0. The molecule has 13 heteroatoms. The summed E-state index contributed by atoms with van der Waals surface area (Å²) in [4.78, 5) is 25.4. The van der Waals surface area contributed by atoms with E-state index in [1.807, 2.05) is 12.2 Å². The van der Waals surface area contributed by atoms with Gasteiger partial charge in [-0.15, -0.1) is 0 Å². The molecule has 1 heterocycles. The maximum atomic E-state index is 12.8. The molecule has 1 aliphatic rings. The second-order valence-electron chi connectivity index (χ2n) is 15.3. The Morgan fingerprint density at radius 2 is 1.07 bits per heavy atom. The third-order valence-electron chi connectivity index (χ3n) is 9.86. The average Bonchev–Trinajstić information content (AvgIpc) is 3.20. The fourth-order valence-corrected chi connectivity index (χ4v) is 7.11. The van der Waals surface area contributed by atoms with Crippen LogP contribution in [0.1, 0.15) is 162 Å². The SMILES string of the molecule is CC/C=C/C/C=C/C/C=C/C/C=C/C/C=C/CCCC(=O)OC[C@H](CO[C@H]1O[C@H](CS(=O)(=O)O)[C@@H](O)C(O)C1O)OC(=O)CCCCCCCCCCCCCCCC. The number of rotatable bonds is 36. The number of unbranched alkanes of at least 4 members (excludes halogenated alkanes) is 14. The van der Waals surface area contributed by atoms with Crippen molar-refractivity contribution >= 4 is 22.1 Å². The van der Waals surface area contributed by atoms with E-state index in [0.29, 0.717) is 19.3 Å². The predicted molar refractivity (Wildman–Crippen MR) is 233 cm³/mol. The number of hydrogen-bond donors (Lipinski definition) is 4. The van der Waals surface area contributed by atoms with Crippen molar-refractivity contribution in [1.82, 2.24) is 0 Å². The van der Waals surface area contributed by atoms with Crippen LogP contribution in [0.5, 0.6) is 0 Å². The maximum absolute atomic E-state index is 12.8. The summed E-state index contributed by atoms with van der Waals surface area (Å²) in [6.45, 7) is 3.59. The van der Waals surface area contributed by atoms with Gasteiger partial charge < -0.3 is 34.3 Å². The van der Waals surface area contributed by atoms with Gasteiger partial charge in [-0.05, 0) is 51.4 Å². The Morgan fingerprint density at radius 3 is 1.58 bits per heavy atom. The minimum atomic E-state index is -4.61. The molecule has 0 bridgehead atoms. The molecule has 0 aliphatic carbocycles. The molecule has 59 heavy (non-hydrogen) atoms. The Labute approximate surface area is 355 Å². The van der Waals surface area contributed by atoms with E-state index in [0.717, 1.165) is 51.4 Å². The van der Waals surface area contributed by atoms with Crippen molar-refractivity contribution < 1.29 is 56.8 Å². The Kier molecular flexibility index (Phi) is 33.2. The van der Waals surface area contributed by atoms with Crippen LogP contribution in [0.2, 0.25) is 0 Å². The van der Waals surface area contributed by atoms with Gasteiger partial charge in [0.1, 0.15) is 36.8 Å². The van der Waals surface area contributed by atoms with Crippen LogP contribution in [0.3, 0.4) is 0 Å². The standard InChI is InChI=1S/C46H78O12S/c1-3-5-7-9-11-13-15-17-19-20-21-23-24-26-28-30-32-34-41(47)55-36-39(37-56-46-45(51)44(50)43(49)40(58-46)38-59(52,53)54)57-42(48)35-33-31-29-27-25-22-18-16-14-12-10-8-6-4-2/h5,7,11,13,17,19,21,23,26,28,39-40,43-46,49-51H,3-4,6,8-10,12,14-16,18,20,22,24-25,27,29-38H2,1-2H3,(H,52,53,54)/b7-5+,13-11+,19-17+,23-21+,28-26+/t39-,40-,43-,44?,45?,46+/m1/s1. The highest BCUT2D eigenvalue weighted by atomic mass is 32.2. The van der Waals surface area contributed by atoms with Gasteiger partial charge in [0.2, 0.25) is 0 Å². The first-order valence-corrected chi connectivity index (χ1v) is 24.0. The first kappa shape index (κ1) is 54.4. The molecule has 340 valence electrons. The number of hydrogen-bond acceptors (Lipinski definition) is 11. The molecule has 0 radical (unpaired) electrons. The summed E-state index contributed by atoms with van der Waals surface area (Å²) in [5.41, 5.74) is 0. The van der Waals surface area contributed by atoms with Crippen LogP contribution in [-0.4, -0.2) is 96.0 Å². The summed E-state index contributed by atoms with van der Waals surface area (Å²) in [5, 5.41) is 30.9. The van der Waals surface area contributed by atoms with E-state index in [2.05, 4.69) is 62.5 Å². The quantitative estimate of drug-likeness (QED) is 0.0203. The number of carbonyl (C=O) groups is 2. The molecular formula is C46H78O12S. The molecule has 4 N–H and O–H groups in total. The van der Waals surface area contributed by atoms with Crippen molar-refractivity contribution in [2.24, 2.45) is 0 Å². The zero-order valence-electron chi connectivity index (χ0n) is 36.1. The molecule has 0 aromatic rings. The lowest BCUT2D eigenvalue weighted by Gasteiger charge is -2.40. The lowest BCUT2D eigenvalue weighted by atomic mass is 10.00. The largest absolute Gasteiger partial charge is 0.462 e. The van der Waals surface area contributed by atoms with Gasteiger partial charge in [-0.2, -0.15) is 8.42 Å². The van der Waals surface area contributed by atoms with Crippen LogP contribution in [0, 0.1) is 0 Å². The molecule has 12 nitrogen and oxygen atoms in total. The fourth-order valence-electron chi connectivity index (χ4n) is 6.42. The number of esters is 2. The van der Waals surface area contributed by atoms with Crippen LogP contribution in [-0.2, 0) is 38.7 Å². The summed E-state index contributed by atoms with van der Waals surface area (Å²) in [6.07, 6.45) is 34.1. The smallest absolute Gasteiger partial charge is 0.306 e. The van der Waals surface area contributed by atoms with Gasteiger partial charge in [0, 0.05) is 12.8 Å². The van der Waals surface area contributed by atoms with E-state index in [1.165, 1.54) is 64.2 Å². The van der Waals surface area contributed by atoms with Crippen molar-refractivity contribution in [2.45, 2.75) is 198 Å². The first-order valence-electron chi connectivity index (χ1n) is 22.3. The lowest BCUT2D eigenvalue weighted by molar-refractivity contribution is -0.297. The monoisotopic (exact) mass is 855 g/mol. The molecule has 6 atom stereocenters. The molecule has 1 rings (SSSR count). The van der Waals surface area contributed by atoms with Crippen LogP contribution in [0.25, 0.3) is 0 Å². The minimum absolute atomic E-state index is 0.140. The van der Waals surface area contributed by atoms with E-state index in [-0.39, 0.29) is 19.4 Å². The van der Waals surface area contributed by atoms with E-state index in [1.54, 1.807) is 0 Å². The molecule has 1 saturated heterocycles. The Balaban J connectivity index is 2.50. The molecule has 0 aromatic heterocycles. The van der Waals surface area contributed by atoms with Gasteiger partial charge in [0.15, 0.2) is 12.4 Å². The molecular weight excluding hydrogens is 777 g/mol. The summed E-state index contributed by atoms with van der Waals surface area (Å²) in [6, 6.07) is 0. The van der Waals surface area contributed by atoms with Gasteiger partial charge >= 0.3 is 11.9 Å². The number of allylic oxidation sites excluding steroid dienone is 10. The van der Waals surface area contributed by atoms with Crippen molar-refractivity contribution in [2.75, 3.05) is 19.0 Å². The topological polar surface area (TPSA) is 186 Å². The van der Waals surface area contributed by atoms with Crippen molar-refractivity contribution in [3.63, 3.8) is 0 Å². The van der Waals surface area contributed by atoms with Gasteiger partial charge in [0.25, 0.3) is 10.1 Å². The van der Waals surface area contributed by atoms with E-state index >= 15 is 0 Å². The van der Waals surface area contributed by atoms with Gasteiger partial charge in [-0.3, -0.25) is 14.1 Å². The second-order valence-corrected chi connectivity index (χ2v) is 16.8. The highest BCUT2D eigenvalue weighted by molar-refractivity contribution is 7.85. The average molecular weight is 855 g/mol. The fraction of sp³-hybridized carbons (Fsp3) is 0.739. The number of aliphatic hydroxyl groups is 3. The Morgan fingerprint density at radius 1 is 0.593 bits per heavy atom. The van der Waals surface area contributed by atoms with Crippen LogP contribution in [0.15, 0.2) is 60.8 Å². The zero-order valence-corrected chi connectivity index (χ0v) is 36.9. The molecule has 0 saturated carbocycles. The van der Waals surface area contributed by atoms with Crippen molar-refractivity contribution in [3.8, 4) is 0 Å². The Hall–Kier alpha value is -2.65. The predicted octanol–water partition coefficient (Wildman–Crippen LogP) is 8.95. The molecule has 1 aliphatic heterocycles. The first-order chi connectivity index (χ1) is 28.5. The molecule has 0 aromatic carbocycles. The summed E-state index contributed by atoms with van der Waals surface area (Å²) in [5.74, 6) is -2.06. The highest BCUT2D eigenvalue weighted by Crippen LogP contribution is 2.24. The number of carbonyl (C=O) groups excluding carboxylic acids is 2. The number of aliphatic hydroxyl groups excluding tert-OH is 3. The molecule has 0 amide bonds. The minimum Gasteiger partial charge on any atom is -0.462 e. The molecule has 2 unspecified atom stereocenters. The normalized spacial score (nSPS) is 20.8. The summed E-state index contributed by atoms with van der Waals surface area (Å²) < 4.78 is 54.0.